The molecule has 0 atom stereocenters. The van der Waals surface area contributed by atoms with Crippen molar-refractivity contribution in [1.29, 1.82) is 0 Å². The van der Waals surface area contributed by atoms with Crippen molar-refractivity contribution in [3.63, 3.8) is 0 Å². The lowest BCUT2D eigenvalue weighted by molar-refractivity contribution is 0.557. The first-order chi connectivity index (χ1) is 14.9. The van der Waals surface area contributed by atoms with Gasteiger partial charge in [0.2, 0.25) is 10.0 Å². The molecule has 0 bridgehead atoms. The van der Waals surface area contributed by atoms with Gasteiger partial charge in [-0.1, -0.05) is 72.3 Å². The zero-order valence-corrected chi connectivity index (χ0v) is 17.9. The minimum absolute atomic E-state index is 0.0383. The van der Waals surface area contributed by atoms with Gasteiger partial charge in [-0.05, 0) is 23.8 Å². The first-order valence-corrected chi connectivity index (χ1v) is 11.4. The number of sulfonamides is 1. The van der Waals surface area contributed by atoms with Gasteiger partial charge in [-0.2, -0.15) is 5.10 Å². The summed E-state index contributed by atoms with van der Waals surface area (Å²) in [4.78, 5) is -0.449. The van der Waals surface area contributed by atoms with Crippen molar-refractivity contribution in [3.05, 3.63) is 107 Å². The van der Waals surface area contributed by atoms with Crippen LogP contribution in [0.2, 0.25) is 5.02 Å². The van der Waals surface area contributed by atoms with Crippen LogP contribution in [0.3, 0.4) is 0 Å². The van der Waals surface area contributed by atoms with Gasteiger partial charge in [0.1, 0.15) is 10.7 Å². The molecule has 0 aliphatic heterocycles. The predicted molar refractivity (Wildman–Crippen MR) is 119 cm³/mol. The topological polar surface area (TPSA) is 64.0 Å². The molecule has 0 radical (unpaired) electrons. The Balaban J connectivity index is 1.63. The van der Waals surface area contributed by atoms with Crippen molar-refractivity contribution in [2.24, 2.45) is 0 Å². The molecule has 4 rings (SSSR count). The number of hydrogen-bond donors (Lipinski definition) is 1. The van der Waals surface area contributed by atoms with Crippen LogP contribution in [0, 0.1) is 5.82 Å². The van der Waals surface area contributed by atoms with Gasteiger partial charge >= 0.3 is 0 Å². The Morgan fingerprint density at radius 2 is 1.65 bits per heavy atom. The van der Waals surface area contributed by atoms with Crippen molar-refractivity contribution in [2.45, 2.75) is 18.0 Å². The van der Waals surface area contributed by atoms with Crippen LogP contribution in [0.15, 0.2) is 90.0 Å². The Bertz CT molecular complexity index is 1290. The molecule has 0 saturated carbocycles. The highest BCUT2D eigenvalue weighted by molar-refractivity contribution is 7.89. The van der Waals surface area contributed by atoms with Crippen LogP contribution >= 0.6 is 11.6 Å². The number of rotatable bonds is 7. The Labute approximate surface area is 185 Å². The van der Waals surface area contributed by atoms with E-state index in [0.29, 0.717) is 17.8 Å². The van der Waals surface area contributed by atoms with E-state index in [0.717, 1.165) is 23.3 Å². The second kappa shape index (κ2) is 9.01. The molecular formula is C23H19ClFN3O2S. The third-order valence-electron chi connectivity index (χ3n) is 4.71. The van der Waals surface area contributed by atoms with E-state index in [9.17, 15) is 12.8 Å². The van der Waals surface area contributed by atoms with Gasteiger partial charge < -0.3 is 0 Å². The van der Waals surface area contributed by atoms with E-state index in [-0.39, 0.29) is 11.6 Å². The van der Waals surface area contributed by atoms with Crippen LogP contribution in [0.5, 0.6) is 0 Å². The molecule has 0 aliphatic rings. The minimum atomic E-state index is -4.08. The number of benzene rings is 3. The van der Waals surface area contributed by atoms with Gasteiger partial charge in [0.15, 0.2) is 0 Å². The molecule has 8 heteroatoms. The van der Waals surface area contributed by atoms with Gasteiger partial charge in [0.05, 0.1) is 12.2 Å². The molecule has 1 aromatic heterocycles. The quantitative estimate of drug-likeness (QED) is 0.432. The van der Waals surface area contributed by atoms with Crippen molar-refractivity contribution in [2.75, 3.05) is 0 Å². The van der Waals surface area contributed by atoms with Crippen LogP contribution in [0.4, 0.5) is 4.39 Å². The maximum Gasteiger partial charge on any atom is 0.243 e. The SMILES string of the molecule is O=S(=O)(NCc1cn(Cc2ccccc2)nc1-c1ccccc1)c1ccc(Cl)cc1F. The molecule has 4 aromatic rings. The van der Waals surface area contributed by atoms with Crippen molar-refractivity contribution in [1.82, 2.24) is 14.5 Å². The summed E-state index contributed by atoms with van der Waals surface area (Å²) in [6.07, 6.45) is 1.80. The highest BCUT2D eigenvalue weighted by Crippen LogP contribution is 2.24. The Morgan fingerprint density at radius 1 is 0.968 bits per heavy atom. The number of hydrogen-bond acceptors (Lipinski definition) is 3. The lowest BCUT2D eigenvalue weighted by atomic mass is 10.1. The van der Waals surface area contributed by atoms with Gasteiger partial charge in [-0.15, -0.1) is 0 Å². The molecule has 5 nitrogen and oxygen atoms in total. The fourth-order valence-electron chi connectivity index (χ4n) is 3.23. The molecule has 1 heterocycles. The molecule has 31 heavy (non-hydrogen) atoms. The molecular weight excluding hydrogens is 437 g/mol. The summed E-state index contributed by atoms with van der Waals surface area (Å²) in [6.45, 7) is 0.503. The summed E-state index contributed by atoms with van der Waals surface area (Å²) in [6, 6.07) is 22.8. The lowest BCUT2D eigenvalue weighted by Crippen LogP contribution is -2.24. The molecule has 158 valence electrons. The number of halogens is 2. The van der Waals surface area contributed by atoms with E-state index < -0.39 is 20.7 Å². The lowest BCUT2D eigenvalue weighted by Gasteiger charge is -2.08. The van der Waals surface area contributed by atoms with Crippen LogP contribution in [0.1, 0.15) is 11.1 Å². The highest BCUT2D eigenvalue weighted by Gasteiger charge is 2.21. The van der Waals surface area contributed by atoms with Gasteiger partial charge in [0, 0.05) is 28.9 Å². The number of nitrogens with one attached hydrogen (secondary N) is 1. The van der Waals surface area contributed by atoms with Crippen LogP contribution in [-0.2, 0) is 23.1 Å². The fourth-order valence-corrected chi connectivity index (χ4v) is 4.45. The Kier molecular flexibility index (Phi) is 6.18. The minimum Gasteiger partial charge on any atom is -0.267 e. The summed E-state index contributed by atoms with van der Waals surface area (Å²) in [5, 5.41) is 4.80. The predicted octanol–water partition coefficient (Wildman–Crippen LogP) is 4.87. The first-order valence-electron chi connectivity index (χ1n) is 9.53. The molecule has 0 aliphatic carbocycles. The van der Waals surface area contributed by atoms with Crippen molar-refractivity contribution < 1.29 is 12.8 Å². The maximum atomic E-state index is 14.1. The molecule has 3 aromatic carbocycles. The zero-order chi connectivity index (χ0) is 21.8. The number of aromatic nitrogens is 2. The summed E-state index contributed by atoms with van der Waals surface area (Å²) in [5.74, 6) is -0.900. The van der Waals surface area contributed by atoms with Crippen molar-refractivity contribution in [3.8, 4) is 11.3 Å². The van der Waals surface area contributed by atoms with E-state index in [2.05, 4.69) is 9.82 Å². The second-order valence-corrected chi connectivity index (χ2v) is 9.12. The molecule has 0 saturated heterocycles. The zero-order valence-electron chi connectivity index (χ0n) is 16.4. The Morgan fingerprint density at radius 3 is 2.32 bits per heavy atom. The van der Waals surface area contributed by atoms with Gasteiger partial charge in [-0.25, -0.2) is 17.5 Å². The van der Waals surface area contributed by atoms with E-state index in [1.54, 1.807) is 10.9 Å². The summed E-state index contributed by atoms with van der Waals surface area (Å²) >= 11 is 5.73. The normalized spacial score (nSPS) is 11.5. The van der Waals surface area contributed by atoms with Crippen LogP contribution < -0.4 is 4.72 Å². The maximum absolute atomic E-state index is 14.1. The third kappa shape index (κ3) is 5.02. The standard InChI is InChI=1S/C23H19ClFN3O2S/c24-20-11-12-22(21(25)13-20)31(29,30)26-14-19-16-28(15-17-7-3-1-4-8-17)27-23(19)18-9-5-2-6-10-18/h1-13,16,26H,14-15H2. The third-order valence-corrected chi connectivity index (χ3v) is 6.38. The first kappa shape index (κ1) is 21.2. The summed E-state index contributed by atoms with van der Waals surface area (Å²) in [5.41, 5.74) is 3.28. The summed E-state index contributed by atoms with van der Waals surface area (Å²) < 4.78 is 43.7. The van der Waals surface area contributed by atoms with E-state index in [1.165, 1.54) is 6.07 Å². The fraction of sp³-hybridized carbons (Fsp3) is 0.0870. The molecule has 0 unspecified atom stereocenters. The molecule has 0 amide bonds. The molecule has 0 fully saturated rings. The Hall–Kier alpha value is -3.00. The average Bonchev–Trinajstić information content (AvgIpc) is 3.16. The van der Waals surface area contributed by atoms with E-state index >= 15 is 0 Å². The smallest absolute Gasteiger partial charge is 0.243 e. The van der Waals surface area contributed by atoms with Gasteiger partial charge in [0.25, 0.3) is 0 Å². The largest absolute Gasteiger partial charge is 0.267 e. The summed E-state index contributed by atoms with van der Waals surface area (Å²) in [7, 11) is -4.08. The van der Waals surface area contributed by atoms with Crippen molar-refractivity contribution >= 4 is 21.6 Å². The second-order valence-electron chi connectivity index (χ2n) is 6.95. The van der Waals surface area contributed by atoms with Crippen LogP contribution in [-0.4, -0.2) is 18.2 Å². The van der Waals surface area contributed by atoms with E-state index in [1.807, 2.05) is 60.7 Å². The average molecular weight is 456 g/mol. The highest BCUT2D eigenvalue weighted by atomic mass is 35.5. The van der Waals surface area contributed by atoms with E-state index in [4.69, 9.17) is 11.6 Å². The monoisotopic (exact) mass is 455 g/mol. The number of nitrogens with zero attached hydrogens (tertiary/aromatic N) is 2. The molecule has 1 N–H and O–H groups in total. The molecule has 0 spiro atoms. The van der Waals surface area contributed by atoms with Gasteiger partial charge in [-0.3, -0.25) is 4.68 Å². The van der Waals surface area contributed by atoms with Crippen LogP contribution in [0.25, 0.3) is 11.3 Å².